The summed E-state index contributed by atoms with van der Waals surface area (Å²) >= 11 is 0. The number of urea groups is 1. The van der Waals surface area contributed by atoms with Gasteiger partial charge in [0, 0.05) is 37.5 Å². The average Bonchev–Trinajstić information content (AvgIpc) is 2.49. The van der Waals surface area contributed by atoms with Gasteiger partial charge in [0.05, 0.1) is 0 Å². The van der Waals surface area contributed by atoms with Gasteiger partial charge >= 0.3 is 6.03 Å². The van der Waals surface area contributed by atoms with Crippen molar-refractivity contribution in [3.05, 3.63) is 30.3 Å². The molecule has 1 aliphatic rings. The Labute approximate surface area is 126 Å². The number of hydrogen-bond acceptors (Lipinski definition) is 3. The summed E-state index contributed by atoms with van der Waals surface area (Å²) in [7, 11) is 0. The predicted octanol–water partition coefficient (Wildman–Crippen LogP) is 1.73. The third kappa shape index (κ3) is 4.93. The first-order valence-corrected chi connectivity index (χ1v) is 7.67. The lowest BCUT2D eigenvalue weighted by Crippen LogP contribution is -2.49. The highest BCUT2D eigenvalue weighted by Gasteiger charge is 2.21. The van der Waals surface area contributed by atoms with E-state index < -0.39 is 0 Å². The maximum Gasteiger partial charge on any atom is 0.315 e. The fraction of sp³-hybridized carbons (Fsp3) is 0.562. The van der Waals surface area contributed by atoms with E-state index in [4.69, 9.17) is 5.11 Å². The monoisotopic (exact) mass is 291 g/mol. The van der Waals surface area contributed by atoms with Crippen LogP contribution in [0.25, 0.3) is 0 Å². The Balaban J connectivity index is 1.73. The molecule has 0 aliphatic carbocycles. The van der Waals surface area contributed by atoms with Crippen molar-refractivity contribution in [3.8, 4) is 0 Å². The number of aliphatic hydroxyl groups is 1. The maximum absolute atomic E-state index is 11.8. The SMILES string of the molecule is C[C@H](CCO)NC(=O)NC1CCN(c2ccccc2)CC1. The molecule has 21 heavy (non-hydrogen) atoms. The van der Waals surface area contributed by atoms with Gasteiger partial charge in [0.15, 0.2) is 0 Å². The number of piperidine rings is 1. The van der Waals surface area contributed by atoms with Gasteiger partial charge in [-0.05, 0) is 38.3 Å². The molecule has 5 nitrogen and oxygen atoms in total. The molecule has 2 amide bonds. The topological polar surface area (TPSA) is 64.6 Å². The molecule has 3 N–H and O–H groups in total. The number of carbonyl (C=O) groups is 1. The van der Waals surface area contributed by atoms with Crippen LogP contribution in [0.3, 0.4) is 0 Å². The number of carbonyl (C=O) groups excluding carboxylic acids is 1. The largest absolute Gasteiger partial charge is 0.396 e. The van der Waals surface area contributed by atoms with Gasteiger partial charge in [0.2, 0.25) is 0 Å². The number of para-hydroxylation sites is 1. The third-order valence-corrected chi connectivity index (χ3v) is 3.89. The van der Waals surface area contributed by atoms with Crippen molar-refractivity contribution < 1.29 is 9.90 Å². The van der Waals surface area contributed by atoms with E-state index >= 15 is 0 Å². The minimum absolute atomic E-state index is 0.000548. The Morgan fingerprint density at radius 2 is 2.00 bits per heavy atom. The Morgan fingerprint density at radius 1 is 1.33 bits per heavy atom. The van der Waals surface area contributed by atoms with Crippen LogP contribution < -0.4 is 15.5 Å². The van der Waals surface area contributed by atoms with Gasteiger partial charge in [-0.2, -0.15) is 0 Å². The van der Waals surface area contributed by atoms with Gasteiger partial charge < -0.3 is 20.6 Å². The summed E-state index contributed by atoms with van der Waals surface area (Å²) in [6.07, 6.45) is 2.49. The van der Waals surface area contributed by atoms with Gasteiger partial charge in [-0.3, -0.25) is 0 Å². The average molecular weight is 291 g/mol. The van der Waals surface area contributed by atoms with E-state index in [2.05, 4.69) is 39.8 Å². The van der Waals surface area contributed by atoms with Crippen molar-refractivity contribution in [1.82, 2.24) is 10.6 Å². The molecular weight excluding hydrogens is 266 g/mol. The van der Waals surface area contributed by atoms with E-state index in [0.29, 0.717) is 6.42 Å². The van der Waals surface area contributed by atoms with Crippen molar-refractivity contribution in [3.63, 3.8) is 0 Å². The molecule has 0 bridgehead atoms. The van der Waals surface area contributed by atoms with Crippen molar-refractivity contribution in [2.75, 3.05) is 24.6 Å². The molecule has 0 radical (unpaired) electrons. The van der Waals surface area contributed by atoms with E-state index in [-0.39, 0.29) is 24.7 Å². The van der Waals surface area contributed by atoms with Gasteiger partial charge in [-0.15, -0.1) is 0 Å². The second-order valence-corrected chi connectivity index (χ2v) is 5.63. The Bertz CT molecular complexity index is 430. The zero-order chi connectivity index (χ0) is 15.1. The highest BCUT2D eigenvalue weighted by molar-refractivity contribution is 5.74. The Hall–Kier alpha value is -1.75. The smallest absolute Gasteiger partial charge is 0.315 e. The molecule has 0 saturated carbocycles. The Morgan fingerprint density at radius 3 is 2.62 bits per heavy atom. The quantitative estimate of drug-likeness (QED) is 0.774. The molecule has 1 saturated heterocycles. The molecular formula is C16H25N3O2. The summed E-state index contributed by atoms with van der Waals surface area (Å²) < 4.78 is 0. The van der Waals surface area contributed by atoms with Crippen LogP contribution >= 0.6 is 0 Å². The summed E-state index contributed by atoms with van der Waals surface area (Å²) in [5, 5.41) is 14.7. The van der Waals surface area contributed by atoms with Crippen molar-refractivity contribution >= 4 is 11.7 Å². The highest BCUT2D eigenvalue weighted by atomic mass is 16.3. The van der Waals surface area contributed by atoms with E-state index in [0.717, 1.165) is 25.9 Å². The summed E-state index contributed by atoms with van der Waals surface area (Å²) in [5.74, 6) is 0. The van der Waals surface area contributed by atoms with E-state index in [1.807, 2.05) is 13.0 Å². The van der Waals surface area contributed by atoms with Gasteiger partial charge in [-0.1, -0.05) is 18.2 Å². The molecule has 0 unspecified atom stereocenters. The highest BCUT2D eigenvalue weighted by Crippen LogP contribution is 2.19. The molecule has 1 atom stereocenters. The Kier molecular flexibility index (Phi) is 5.87. The summed E-state index contributed by atoms with van der Waals surface area (Å²) in [6, 6.07) is 10.5. The lowest BCUT2D eigenvalue weighted by atomic mass is 10.0. The summed E-state index contributed by atoms with van der Waals surface area (Å²) in [5.41, 5.74) is 1.25. The third-order valence-electron chi connectivity index (χ3n) is 3.89. The molecule has 1 aliphatic heterocycles. The first-order valence-electron chi connectivity index (χ1n) is 7.67. The van der Waals surface area contributed by atoms with Gasteiger partial charge in [0.25, 0.3) is 0 Å². The fourth-order valence-corrected chi connectivity index (χ4v) is 2.64. The van der Waals surface area contributed by atoms with E-state index in [1.165, 1.54) is 5.69 Å². The number of nitrogens with one attached hydrogen (secondary N) is 2. The molecule has 0 spiro atoms. The lowest BCUT2D eigenvalue weighted by molar-refractivity contribution is 0.225. The maximum atomic E-state index is 11.8. The molecule has 1 aromatic rings. The minimum Gasteiger partial charge on any atom is -0.396 e. The van der Waals surface area contributed by atoms with Gasteiger partial charge in [-0.25, -0.2) is 4.79 Å². The van der Waals surface area contributed by atoms with Crippen LogP contribution in [0.2, 0.25) is 0 Å². The van der Waals surface area contributed by atoms with Crippen LogP contribution in [0.4, 0.5) is 10.5 Å². The summed E-state index contributed by atoms with van der Waals surface area (Å²) in [4.78, 5) is 14.2. The van der Waals surface area contributed by atoms with Crippen LogP contribution in [0.5, 0.6) is 0 Å². The number of rotatable bonds is 5. The molecule has 2 rings (SSSR count). The molecule has 116 valence electrons. The van der Waals surface area contributed by atoms with Crippen molar-refractivity contribution in [2.24, 2.45) is 0 Å². The predicted molar refractivity (Wildman–Crippen MR) is 84.5 cm³/mol. The van der Waals surface area contributed by atoms with Crippen LogP contribution in [0, 0.1) is 0 Å². The molecule has 0 aromatic heterocycles. The lowest BCUT2D eigenvalue weighted by Gasteiger charge is -2.34. The second kappa shape index (κ2) is 7.88. The molecule has 1 heterocycles. The van der Waals surface area contributed by atoms with E-state index in [1.54, 1.807) is 0 Å². The fourth-order valence-electron chi connectivity index (χ4n) is 2.64. The molecule has 5 heteroatoms. The first kappa shape index (κ1) is 15.6. The van der Waals surface area contributed by atoms with Crippen LogP contribution in [0.15, 0.2) is 30.3 Å². The summed E-state index contributed by atoms with van der Waals surface area (Å²) in [6.45, 7) is 3.91. The number of hydrogen-bond donors (Lipinski definition) is 3. The van der Waals surface area contributed by atoms with Crippen LogP contribution in [0.1, 0.15) is 26.2 Å². The number of benzene rings is 1. The first-order chi connectivity index (χ1) is 10.2. The second-order valence-electron chi connectivity index (χ2n) is 5.63. The number of aliphatic hydroxyl groups excluding tert-OH is 1. The number of anilines is 1. The minimum atomic E-state index is -0.130. The molecule has 1 aromatic carbocycles. The zero-order valence-electron chi connectivity index (χ0n) is 12.6. The van der Waals surface area contributed by atoms with Crippen molar-refractivity contribution in [1.29, 1.82) is 0 Å². The zero-order valence-corrected chi connectivity index (χ0v) is 12.6. The molecule has 1 fully saturated rings. The standard InChI is InChI=1S/C16H25N3O2/c1-13(9-12-20)17-16(21)18-14-7-10-19(11-8-14)15-5-3-2-4-6-15/h2-6,13-14,20H,7-12H2,1H3,(H2,17,18,21)/t13-/m1/s1. The van der Waals surface area contributed by atoms with Crippen molar-refractivity contribution in [2.45, 2.75) is 38.3 Å². The number of amides is 2. The number of nitrogens with zero attached hydrogens (tertiary/aromatic N) is 1. The van der Waals surface area contributed by atoms with Crippen LogP contribution in [-0.4, -0.2) is 42.9 Å². The van der Waals surface area contributed by atoms with E-state index in [9.17, 15) is 4.79 Å². The normalized spacial score (nSPS) is 17.3. The van der Waals surface area contributed by atoms with Gasteiger partial charge in [0.1, 0.15) is 0 Å². The van der Waals surface area contributed by atoms with Crippen LogP contribution in [-0.2, 0) is 0 Å².